The zero-order valence-corrected chi connectivity index (χ0v) is 15.1. The van der Waals surface area contributed by atoms with Crippen LogP contribution in [-0.4, -0.2) is 18.5 Å². The summed E-state index contributed by atoms with van der Waals surface area (Å²) in [6.07, 6.45) is 5.38. The van der Waals surface area contributed by atoms with E-state index < -0.39 is 0 Å². The second-order valence-corrected chi connectivity index (χ2v) is 7.88. The van der Waals surface area contributed by atoms with Gasteiger partial charge in [0.1, 0.15) is 5.40 Å². The lowest BCUT2D eigenvalue weighted by Crippen LogP contribution is -2.23. The minimum atomic E-state index is -0.343. The molecule has 6 heteroatoms. The number of nitriles is 1. The van der Waals surface area contributed by atoms with Crippen LogP contribution in [0.5, 0.6) is 0 Å². The number of hydrogen-bond donors (Lipinski definition) is 1. The van der Waals surface area contributed by atoms with Crippen LogP contribution < -0.4 is 5.32 Å². The summed E-state index contributed by atoms with van der Waals surface area (Å²) in [5, 5.41) is 13.4. The standard InChI is InChI=1S/C19H22N2O3S/c1-12-6-16(25-11-20)4-5-17(12)21-18(22)10-24-19(23)9-15-8-13-2-3-14(15)7-13/h4-6,13-15H,2-3,7-10H2,1H3,(H,21,22)/t13-,14+,15+/m0/s1. The highest BCUT2D eigenvalue weighted by atomic mass is 32.2. The molecule has 132 valence electrons. The summed E-state index contributed by atoms with van der Waals surface area (Å²) in [6, 6.07) is 5.37. The minimum absolute atomic E-state index is 0.256. The zero-order chi connectivity index (χ0) is 17.8. The van der Waals surface area contributed by atoms with Gasteiger partial charge in [-0.05, 0) is 79.5 Å². The molecule has 1 aromatic rings. The number of esters is 1. The van der Waals surface area contributed by atoms with Crippen molar-refractivity contribution in [3.8, 4) is 5.40 Å². The molecule has 0 unspecified atom stereocenters. The number of aryl methyl sites for hydroxylation is 1. The van der Waals surface area contributed by atoms with Gasteiger partial charge in [-0.3, -0.25) is 9.59 Å². The summed E-state index contributed by atoms with van der Waals surface area (Å²) in [5.41, 5.74) is 1.53. The molecule has 1 N–H and O–H groups in total. The molecule has 3 atom stereocenters. The van der Waals surface area contributed by atoms with Crippen molar-refractivity contribution < 1.29 is 14.3 Å². The lowest BCUT2D eigenvalue weighted by molar-refractivity contribution is -0.148. The summed E-state index contributed by atoms with van der Waals surface area (Å²) in [4.78, 5) is 24.8. The van der Waals surface area contributed by atoms with Gasteiger partial charge in [-0.15, -0.1) is 0 Å². The van der Waals surface area contributed by atoms with E-state index in [1.807, 2.05) is 18.4 Å². The minimum Gasteiger partial charge on any atom is -0.456 e. The number of thioether (sulfide) groups is 1. The van der Waals surface area contributed by atoms with Crippen molar-refractivity contribution in [3.05, 3.63) is 23.8 Å². The van der Waals surface area contributed by atoms with E-state index in [1.54, 1.807) is 12.1 Å². The molecule has 2 bridgehead atoms. The largest absolute Gasteiger partial charge is 0.456 e. The van der Waals surface area contributed by atoms with Crippen LogP contribution in [-0.2, 0) is 14.3 Å². The van der Waals surface area contributed by atoms with Crippen LogP contribution in [0.3, 0.4) is 0 Å². The van der Waals surface area contributed by atoms with Crippen molar-refractivity contribution >= 4 is 29.3 Å². The van der Waals surface area contributed by atoms with Crippen LogP contribution in [0.4, 0.5) is 5.69 Å². The van der Waals surface area contributed by atoms with Gasteiger partial charge in [-0.2, -0.15) is 5.26 Å². The van der Waals surface area contributed by atoms with Gasteiger partial charge in [0.15, 0.2) is 6.61 Å². The Hall–Kier alpha value is -2.00. The molecule has 1 aromatic carbocycles. The molecule has 2 saturated carbocycles. The number of thiocyanates is 1. The molecule has 3 rings (SSSR count). The number of anilines is 1. The average Bonchev–Trinajstić information content (AvgIpc) is 3.19. The van der Waals surface area contributed by atoms with E-state index in [9.17, 15) is 9.59 Å². The van der Waals surface area contributed by atoms with Gasteiger partial charge in [0.05, 0.1) is 0 Å². The van der Waals surface area contributed by atoms with Crippen molar-refractivity contribution in [2.24, 2.45) is 17.8 Å². The number of rotatable bonds is 6. The SMILES string of the molecule is Cc1cc(SC#N)ccc1NC(=O)COC(=O)C[C@H]1C[C@H]2CC[C@@H]1C2. The highest BCUT2D eigenvalue weighted by molar-refractivity contribution is 8.03. The highest BCUT2D eigenvalue weighted by Crippen LogP contribution is 2.49. The Morgan fingerprint density at radius 3 is 2.84 bits per heavy atom. The molecule has 5 nitrogen and oxygen atoms in total. The lowest BCUT2D eigenvalue weighted by atomic mass is 9.86. The van der Waals surface area contributed by atoms with Crippen molar-refractivity contribution in [2.45, 2.75) is 43.9 Å². The number of benzene rings is 1. The summed E-state index contributed by atoms with van der Waals surface area (Å²) in [5.74, 6) is 1.31. The average molecular weight is 358 g/mol. The van der Waals surface area contributed by atoms with Gasteiger partial charge in [-0.25, -0.2) is 0 Å². The van der Waals surface area contributed by atoms with E-state index in [2.05, 4.69) is 5.32 Å². The highest BCUT2D eigenvalue weighted by Gasteiger charge is 2.40. The molecule has 1 amide bonds. The first-order chi connectivity index (χ1) is 12.0. The number of hydrogen-bond acceptors (Lipinski definition) is 5. The molecule has 2 fully saturated rings. The van der Waals surface area contributed by atoms with Crippen molar-refractivity contribution in [2.75, 3.05) is 11.9 Å². The molecule has 0 aliphatic heterocycles. The molecule has 2 aliphatic rings. The van der Waals surface area contributed by atoms with Crippen molar-refractivity contribution in [3.63, 3.8) is 0 Å². The van der Waals surface area contributed by atoms with Crippen LogP contribution >= 0.6 is 11.8 Å². The second-order valence-electron chi connectivity index (χ2n) is 7.02. The molecule has 0 aromatic heterocycles. The number of carbonyl (C=O) groups excluding carboxylic acids is 2. The molecule has 0 radical (unpaired) electrons. The fourth-order valence-corrected chi connectivity index (χ4v) is 4.60. The van der Waals surface area contributed by atoms with Crippen molar-refractivity contribution in [1.29, 1.82) is 5.26 Å². The third-order valence-corrected chi connectivity index (χ3v) is 5.89. The summed E-state index contributed by atoms with van der Waals surface area (Å²) < 4.78 is 5.15. The van der Waals surface area contributed by atoms with E-state index in [1.165, 1.54) is 19.3 Å². The number of nitrogens with zero attached hydrogens (tertiary/aromatic N) is 1. The normalized spacial score (nSPS) is 23.9. The Morgan fingerprint density at radius 1 is 1.36 bits per heavy atom. The van der Waals surface area contributed by atoms with E-state index in [0.717, 1.165) is 34.6 Å². The van der Waals surface area contributed by atoms with Crippen LogP contribution in [0.2, 0.25) is 0 Å². The van der Waals surface area contributed by atoms with E-state index >= 15 is 0 Å². The topological polar surface area (TPSA) is 79.2 Å². The van der Waals surface area contributed by atoms with E-state index in [4.69, 9.17) is 10.00 Å². The Kier molecular flexibility index (Phi) is 5.64. The molecule has 25 heavy (non-hydrogen) atoms. The zero-order valence-electron chi connectivity index (χ0n) is 14.3. The number of nitrogens with one attached hydrogen (secondary N) is 1. The molecular formula is C19H22N2O3S. The fraction of sp³-hybridized carbons (Fsp3) is 0.526. The van der Waals surface area contributed by atoms with Gasteiger partial charge < -0.3 is 10.1 Å². The monoisotopic (exact) mass is 358 g/mol. The molecular weight excluding hydrogens is 336 g/mol. The van der Waals surface area contributed by atoms with Gasteiger partial charge in [0.25, 0.3) is 5.91 Å². The first-order valence-corrected chi connectivity index (χ1v) is 9.49. The molecule has 0 heterocycles. The number of ether oxygens (including phenoxy) is 1. The predicted molar refractivity (Wildman–Crippen MR) is 95.8 cm³/mol. The van der Waals surface area contributed by atoms with Gasteiger partial charge in [0.2, 0.25) is 0 Å². The smallest absolute Gasteiger partial charge is 0.306 e. The van der Waals surface area contributed by atoms with Gasteiger partial charge in [-0.1, -0.05) is 6.42 Å². The van der Waals surface area contributed by atoms with E-state index in [-0.39, 0.29) is 18.5 Å². The third kappa shape index (κ3) is 4.55. The van der Waals surface area contributed by atoms with Gasteiger partial charge >= 0.3 is 5.97 Å². The van der Waals surface area contributed by atoms with Crippen molar-refractivity contribution in [1.82, 2.24) is 0 Å². The summed E-state index contributed by atoms with van der Waals surface area (Å²) in [7, 11) is 0. The van der Waals surface area contributed by atoms with E-state index in [0.29, 0.717) is 23.9 Å². The van der Waals surface area contributed by atoms with Crippen LogP contribution in [0, 0.1) is 35.3 Å². The molecule has 0 spiro atoms. The maximum atomic E-state index is 12.0. The predicted octanol–water partition coefficient (Wildman–Crippen LogP) is 3.88. The first kappa shape index (κ1) is 17.8. The second kappa shape index (κ2) is 7.92. The number of fused-ring (bicyclic) bond motifs is 2. The number of amides is 1. The summed E-state index contributed by atoms with van der Waals surface area (Å²) >= 11 is 1.07. The van der Waals surface area contributed by atoms with Crippen LogP contribution in [0.25, 0.3) is 0 Å². The Bertz CT molecular complexity index is 713. The Morgan fingerprint density at radius 2 is 2.20 bits per heavy atom. The van der Waals surface area contributed by atoms with Crippen LogP contribution in [0.15, 0.2) is 23.1 Å². The molecule has 0 saturated heterocycles. The maximum Gasteiger partial charge on any atom is 0.306 e. The summed E-state index contributed by atoms with van der Waals surface area (Å²) in [6.45, 7) is 1.60. The van der Waals surface area contributed by atoms with Gasteiger partial charge in [0, 0.05) is 17.0 Å². The van der Waals surface area contributed by atoms with Crippen LogP contribution in [0.1, 0.15) is 37.7 Å². The quantitative estimate of drug-likeness (QED) is 0.474. The Balaban J connectivity index is 1.43. The molecule has 2 aliphatic carbocycles. The maximum absolute atomic E-state index is 12.0. The Labute approximate surface area is 152 Å². The fourth-order valence-electron chi connectivity index (χ4n) is 4.12. The number of carbonyl (C=O) groups is 2. The lowest BCUT2D eigenvalue weighted by Gasteiger charge is -2.20. The first-order valence-electron chi connectivity index (χ1n) is 8.67. The third-order valence-electron chi connectivity index (χ3n) is 5.31.